The molecule has 0 aliphatic carbocycles. The molecule has 1 fully saturated rings. The number of nitrogens with one attached hydrogen (secondary N) is 2. The van der Waals surface area contributed by atoms with Crippen molar-refractivity contribution >= 4 is 58.7 Å². The van der Waals surface area contributed by atoms with Gasteiger partial charge in [0, 0.05) is 6.04 Å². The highest BCUT2D eigenvalue weighted by Crippen LogP contribution is 2.28. The van der Waals surface area contributed by atoms with Gasteiger partial charge in [-0.1, -0.05) is 49.4 Å². The molecule has 0 bridgehead atoms. The number of carbonyl (C=O) groups is 3. The maximum absolute atomic E-state index is 12.5. The lowest BCUT2D eigenvalue weighted by Gasteiger charge is -2.24. The number of hydrogen-bond donors (Lipinski definition) is 2. The molecule has 1 saturated heterocycles. The first-order valence-electron chi connectivity index (χ1n) is 9.91. The minimum absolute atomic E-state index is 0.177. The van der Waals surface area contributed by atoms with Gasteiger partial charge in [-0.2, -0.15) is 4.99 Å². The van der Waals surface area contributed by atoms with Crippen molar-refractivity contribution in [2.45, 2.75) is 52.5 Å². The van der Waals surface area contributed by atoms with Crippen LogP contribution in [-0.4, -0.2) is 47.4 Å². The third-order valence-electron chi connectivity index (χ3n) is 4.37. The fourth-order valence-electron chi connectivity index (χ4n) is 2.80. The zero-order valence-electron chi connectivity index (χ0n) is 17.6. The average Bonchev–Trinajstić information content (AvgIpc) is 2.97. The normalized spacial score (nSPS) is 14.9. The number of halogens is 2. The Balaban J connectivity index is 2.23. The van der Waals surface area contributed by atoms with Crippen molar-refractivity contribution in [2.24, 2.45) is 4.99 Å². The van der Waals surface area contributed by atoms with Crippen LogP contribution in [0.25, 0.3) is 0 Å². The van der Waals surface area contributed by atoms with Crippen molar-refractivity contribution in [3.8, 4) is 0 Å². The van der Waals surface area contributed by atoms with Crippen LogP contribution in [0.1, 0.15) is 46.5 Å². The second-order valence-electron chi connectivity index (χ2n) is 7.09. The molecule has 2 N–H and O–H groups in total. The van der Waals surface area contributed by atoms with E-state index in [0.717, 1.165) is 35.5 Å². The van der Waals surface area contributed by atoms with Gasteiger partial charge in [-0.15, -0.1) is 0 Å². The van der Waals surface area contributed by atoms with Crippen LogP contribution in [0.15, 0.2) is 23.2 Å². The number of aliphatic imine (C=N–C) groups is 1. The third-order valence-corrected chi connectivity index (χ3v) is 5.11. The Labute approximate surface area is 190 Å². The Hall–Kier alpha value is -2.65. The first-order chi connectivity index (χ1) is 14.7. The van der Waals surface area contributed by atoms with Gasteiger partial charge in [-0.05, 0) is 38.5 Å². The highest BCUT2D eigenvalue weighted by molar-refractivity contribution is 6.54. The van der Waals surface area contributed by atoms with E-state index in [1.807, 2.05) is 0 Å². The Morgan fingerprint density at radius 1 is 1.23 bits per heavy atom. The van der Waals surface area contributed by atoms with Crippen LogP contribution in [0.3, 0.4) is 0 Å². The van der Waals surface area contributed by atoms with Crippen molar-refractivity contribution in [1.29, 1.82) is 5.41 Å². The largest absolute Gasteiger partial charge is 0.449 e. The van der Waals surface area contributed by atoms with Crippen molar-refractivity contribution in [2.75, 3.05) is 11.5 Å². The topological polar surface area (TPSA) is 115 Å². The molecule has 1 aromatic rings. The van der Waals surface area contributed by atoms with Crippen molar-refractivity contribution in [3.05, 3.63) is 28.2 Å². The summed E-state index contributed by atoms with van der Waals surface area (Å²) >= 11 is 11.9. The van der Waals surface area contributed by atoms with Gasteiger partial charge in [0.15, 0.2) is 0 Å². The molecule has 1 heterocycles. The van der Waals surface area contributed by atoms with E-state index in [0.29, 0.717) is 0 Å². The summed E-state index contributed by atoms with van der Waals surface area (Å²) in [7, 11) is 0. The number of rotatable bonds is 7. The molecule has 11 heteroatoms. The maximum Gasteiger partial charge on any atom is 0.416 e. The van der Waals surface area contributed by atoms with Crippen LogP contribution in [0.5, 0.6) is 0 Å². The summed E-state index contributed by atoms with van der Waals surface area (Å²) in [5.41, 5.74) is 0.235. The van der Waals surface area contributed by atoms with Crippen LogP contribution in [-0.2, 0) is 14.3 Å². The number of hydrogen-bond acceptors (Lipinski definition) is 5. The number of amides is 3. The fraction of sp³-hybridized carbons (Fsp3) is 0.450. The van der Waals surface area contributed by atoms with Crippen molar-refractivity contribution < 1.29 is 19.1 Å². The number of guanidine groups is 2. The van der Waals surface area contributed by atoms with E-state index in [-0.39, 0.29) is 28.3 Å². The first-order valence-corrected chi connectivity index (χ1v) is 10.7. The summed E-state index contributed by atoms with van der Waals surface area (Å²) in [5, 5.41) is 11.0. The molecule has 2 rings (SSSR count). The Bertz CT molecular complexity index is 904. The van der Waals surface area contributed by atoms with E-state index < -0.39 is 29.9 Å². The molecule has 0 spiro atoms. The summed E-state index contributed by atoms with van der Waals surface area (Å²) in [4.78, 5) is 42.8. The molecule has 0 unspecified atom stereocenters. The lowest BCUT2D eigenvalue weighted by atomic mass is 10.2. The Morgan fingerprint density at radius 2 is 1.94 bits per heavy atom. The molecule has 3 amide bonds. The van der Waals surface area contributed by atoms with Gasteiger partial charge < -0.3 is 4.74 Å². The molecule has 168 valence electrons. The summed E-state index contributed by atoms with van der Waals surface area (Å²) < 4.78 is 5.26. The highest BCUT2D eigenvalue weighted by Gasteiger charge is 2.38. The van der Waals surface area contributed by atoms with E-state index in [4.69, 9.17) is 33.3 Å². The van der Waals surface area contributed by atoms with Gasteiger partial charge in [0.1, 0.15) is 0 Å². The van der Waals surface area contributed by atoms with Gasteiger partial charge in [-0.3, -0.25) is 20.3 Å². The highest BCUT2D eigenvalue weighted by atomic mass is 35.5. The number of unbranched alkanes of at least 4 members (excludes halogenated alkanes) is 3. The Kier molecular flexibility index (Phi) is 8.82. The van der Waals surface area contributed by atoms with E-state index in [2.05, 4.69) is 17.2 Å². The molecule has 0 radical (unpaired) electrons. The van der Waals surface area contributed by atoms with Gasteiger partial charge in [0.2, 0.25) is 11.9 Å². The van der Waals surface area contributed by atoms with Crippen LogP contribution in [0, 0.1) is 5.41 Å². The van der Waals surface area contributed by atoms with Crippen molar-refractivity contribution in [3.63, 3.8) is 0 Å². The third kappa shape index (κ3) is 6.18. The SMILES string of the molecule is CCCCCCOC(=O)N(C(=N)N=C1NC(=O)C(=O)N1c1ccc(Cl)c(Cl)c1)C(C)C. The summed E-state index contributed by atoms with van der Waals surface area (Å²) in [6.07, 6.45) is 3.06. The second-order valence-corrected chi connectivity index (χ2v) is 7.91. The molecule has 9 nitrogen and oxygen atoms in total. The maximum atomic E-state index is 12.5. The molecule has 0 saturated carbocycles. The second kappa shape index (κ2) is 11.1. The van der Waals surface area contributed by atoms with Gasteiger partial charge in [0.05, 0.1) is 22.3 Å². The molecular formula is C20H25Cl2N5O4. The smallest absolute Gasteiger partial charge is 0.416 e. The zero-order valence-corrected chi connectivity index (χ0v) is 19.1. The van der Waals surface area contributed by atoms with E-state index in [1.165, 1.54) is 18.2 Å². The zero-order chi connectivity index (χ0) is 23.1. The monoisotopic (exact) mass is 469 g/mol. The lowest BCUT2D eigenvalue weighted by molar-refractivity contribution is -0.134. The molecule has 31 heavy (non-hydrogen) atoms. The van der Waals surface area contributed by atoms with E-state index in [9.17, 15) is 14.4 Å². The van der Waals surface area contributed by atoms with Gasteiger partial charge >= 0.3 is 17.9 Å². The van der Waals surface area contributed by atoms with Crippen LogP contribution < -0.4 is 10.2 Å². The predicted octanol–water partition coefficient (Wildman–Crippen LogP) is 4.17. The number of ether oxygens (including phenoxy) is 1. The molecule has 0 aromatic heterocycles. The molecular weight excluding hydrogens is 445 g/mol. The average molecular weight is 470 g/mol. The minimum Gasteiger partial charge on any atom is -0.449 e. The van der Waals surface area contributed by atoms with Gasteiger partial charge in [-0.25, -0.2) is 14.6 Å². The molecule has 0 atom stereocenters. The Morgan fingerprint density at radius 3 is 2.55 bits per heavy atom. The number of anilines is 1. The van der Waals surface area contributed by atoms with Crippen LogP contribution in [0.2, 0.25) is 10.0 Å². The number of carbonyl (C=O) groups excluding carboxylic acids is 3. The molecule has 1 aliphatic heterocycles. The van der Waals surface area contributed by atoms with E-state index in [1.54, 1.807) is 13.8 Å². The predicted molar refractivity (Wildman–Crippen MR) is 120 cm³/mol. The standard InChI is InChI=1S/C20H25Cl2N5O4/c1-4-5-6-7-10-31-20(30)26(12(2)3)18(23)25-19-24-16(28)17(29)27(19)13-8-9-14(21)15(22)11-13/h8-9,11-12H,4-7,10H2,1-3H3,(H2,23,24,25,28). The molecule has 1 aliphatic rings. The van der Waals surface area contributed by atoms with Crippen LogP contribution >= 0.6 is 23.2 Å². The summed E-state index contributed by atoms with van der Waals surface area (Å²) in [6, 6.07) is 3.91. The molecule has 1 aromatic carbocycles. The van der Waals surface area contributed by atoms with Crippen molar-refractivity contribution in [1.82, 2.24) is 10.2 Å². The lowest BCUT2D eigenvalue weighted by Crippen LogP contribution is -2.43. The number of benzene rings is 1. The minimum atomic E-state index is -0.924. The number of nitrogens with zero attached hydrogens (tertiary/aromatic N) is 3. The van der Waals surface area contributed by atoms with Gasteiger partial charge in [0.25, 0.3) is 0 Å². The fourth-order valence-corrected chi connectivity index (χ4v) is 3.10. The quantitative estimate of drug-likeness (QED) is 0.269. The van der Waals surface area contributed by atoms with E-state index >= 15 is 0 Å². The summed E-state index contributed by atoms with van der Waals surface area (Å²) in [6.45, 7) is 5.71. The van der Waals surface area contributed by atoms with Crippen LogP contribution in [0.4, 0.5) is 10.5 Å². The first kappa shape index (κ1) is 24.6. The summed E-state index contributed by atoms with van der Waals surface area (Å²) in [5.74, 6) is -2.53.